The lowest BCUT2D eigenvalue weighted by molar-refractivity contribution is 0.321. The lowest BCUT2D eigenvalue weighted by Crippen LogP contribution is -1.92. The van der Waals surface area contributed by atoms with Gasteiger partial charge in [0.15, 0.2) is 0 Å². The molecule has 0 fully saturated rings. The number of benzene rings is 1. The first-order valence-corrected chi connectivity index (χ1v) is 2.82. The molecule has 0 aliphatic carbocycles. The predicted octanol–water partition coefficient (Wildman–Crippen LogP) is 1.32. The van der Waals surface area contributed by atoms with Crippen molar-refractivity contribution in [3.63, 3.8) is 0 Å². The van der Waals surface area contributed by atoms with Crippen LogP contribution in [0.2, 0.25) is 0 Å². The monoisotopic (exact) mass is 135 g/mol. The lowest BCUT2D eigenvalue weighted by atomic mass is 10.3. The second-order valence-corrected chi connectivity index (χ2v) is 1.68. The molecule has 0 bridgehead atoms. The van der Waals surface area contributed by atoms with E-state index in [9.17, 15) is 0 Å². The zero-order valence-corrected chi connectivity index (χ0v) is 5.28. The van der Waals surface area contributed by atoms with Gasteiger partial charge in [-0.05, 0) is 18.2 Å². The van der Waals surface area contributed by atoms with Crippen molar-refractivity contribution >= 4 is 12.0 Å². The third-order valence-corrected chi connectivity index (χ3v) is 0.996. The second-order valence-electron chi connectivity index (χ2n) is 1.68. The first-order chi connectivity index (χ1) is 4.93. The molecule has 0 aromatic heterocycles. The molecule has 1 aromatic carbocycles. The van der Waals surface area contributed by atoms with E-state index in [1.54, 1.807) is 12.1 Å². The number of oxime groups is 1. The number of nitrogens with one attached hydrogen (secondary N) is 1. The first kappa shape index (κ1) is 6.61. The topological polar surface area (TPSA) is 44.6 Å². The van der Waals surface area contributed by atoms with Crippen LogP contribution < -0.4 is 5.32 Å². The Morgan fingerprint density at radius 3 is 3.20 bits per heavy atom. The molecule has 1 aromatic rings. The van der Waals surface area contributed by atoms with Crippen LogP contribution in [0.25, 0.3) is 0 Å². The van der Waals surface area contributed by atoms with Crippen molar-refractivity contribution in [3.05, 3.63) is 30.3 Å². The van der Waals surface area contributed by atoms with E-state index in [1.165, 1.54) is 6.34 Å². The molecule has 1 radical (unpaired) electrons. The fourth-order valence-corrected chi connectivity index (χ4v) is 0.587. The fraction of sp³-hybridized carbons (Fsp3) is 0. The van der Waals surface area contributed by atoms with Crippen LogP contribution in [-0.2, 0) is 0 Å². The summed E-state index contributed by atoms with van der Waals surface area (Å²) in [6.45, 7) is 0. The quantitative estimate of drug-likeness (QED) is 0.278. The van der Waals surface area contributed by atoms with Gasteiger partial charge in [-0.1, -0.05) is 17.3 Å². The lowest BCUT2D eigenvalue weighted by Gasteiger charge is -1.94. The molecule has 3 heteroatoms. The highest BCUT2D eigenvalue weighted by atomic mass is 16.4. The van der Waals surface area contributed by atoms with Gasteiger partial charge in [0.2, 0.25) is 0 Å². The number of hydrogen-bond donors (Lipinski definition) is 2. The summed E-state index contributed by atoms with van der Waals surface area (Å²) in [6.07, 6.45) is 1.20. The molecule has 10 heavy (non-hydrogen) atoms. The van der Waals surface area contributed by atoms with E-state index < -0.39 is 0 Å². The van der Waals surface area contributed by atoms with Gasteiger partial charge in [-0.15, -0.1) is 0 Å². The smallest absolute Gasteiger partial charge is 0.132 e. The van der Waals surface area contributed by atoms with Gasteiger partial charge in [0.05, 0.1) is 0 Å². The fourth-order valence-electron chi connectivity index (χ4n) is 0.587. The van der Waals surface area contributed by atoms with Gasteiger partial charge in [-0.25, -0.2) is 0 Å². The van der Waals surface area contributed by atoms with Crippen LogP contribution in [0.5, 0.6) is 0 Å². The molecular weight excluding hydrogens is 128 g/mol. The third-order valence-electron chi connectivity index (χ3n) is 0.996. The number of anilines is 1. The van der Waals surface area contributed by atoms with Crippen LogP contribution in [0.15, 0.2) is 29.4 Å². The third kappa shape index (κ3) is 1.78. The minimum absolute atomic E-state index is 0.848. The van der Waals surface area contributed by atoms with Crippen molar-refractivity contribution < 1.29 is 5.21 Å². The van der Waals surface area contributed by atoms with E-state index in [0.717, 1.165) is 5.69 Å². The van der Waals surface area contributed by atoms with Gasteiger partial charge >= 0.3 is 0 Å². The maximum atomic E-state index is 8.02. The van der Waals surface area contributed by atoms with Crippen molar-refractivity contribution in [1.29, 1.82) is 0 Å². The SMILES string of the molecule is ON=CNc1c[c]ccc1. The molecular formula is C7H7N2O. The molecule has 51 valence electrons. The normalized spacial score (nSPS) is 10.0. The van der Waals surface area contributed by atoms with E-state index in [4.69, 9.17) is 5.21 Å². The largest absolute Gasteiger partial charge is 0.410 e. The zero-order valence-electron chi connectivity index (χ0n) is 5.28. The Balaban J connectivity index is 2.59. The van der Waals surface area contributed by atoms with Crippen molar-refractivity contribution in [3.8, 4) is 0 Å². The Bertz CT molecular complexity index is 208. The summed E-state index contributed by atoms with van der Waals surface area (Å²) in [5, 5.41) is 13.5. The van der Waals surface area contributed by atoms with Gasteiger partial charge in [0, 0.05) is 5.69 Å². The molecule has 0 unspecified atom stereocenters. The average Bonchev–Trinajstić information content (AvgIpc) is 2.03. The molecule has 0 heterocycles. The summed E-state index contributed by atoms with van der Waals surface area (Å²) < 4.78 is 0. The summed E-state index contributed by atoms with van der Waals surface area (Å²) in [4.78, 5) is 0. The second kappa shape index (κ2) is 3.50. The van der Waals surface area contributed by atoms with Crippen LogP contribution in [0.3, 0.4) is 0 Å². The molecule has 0 amide bonds. The Kier molecular flexibility index (Phi) is 2.31. The molecule has 2 N–H and O–H groups in total. The number of hydrogen-bond acceptors (Lipinski definition) is 2. The first-order valence-electron chi connectivity index (χ1n) is 2.82. The van der Waals surface area contributed by atoms with E-state index >= 15 is 0 Å². The molecule has 1 rings (SSSR count). The molecule has 0 spiro atoms. The summed E-state index contributed by atoms with van der Waals surface area (Å²) in [7, 11) is 0. The van der Waals surface area contributed by atoms with Gasteiger partial charge < -0.3 is 10.5 Å². The highest BCUT2D eigenvalue weighted by molar-refractivity contribution is 5.74. The number of nitrogens with zero attached hydrogens (tertiary/aromatic N) is 1. The highest BCUT2D eigenvalue weighted by Crippen LogP contribution is 2.01. The Labute approximate surface area is 59.0 Å². The van der Waals surface area contributed by atoms with Crippen LogP contribution in [-0.4, -0.2) is 11.5 Å². The summed E-state index contributed by atoms with van der Waals surface area (Å²) >= 11 is 0. The summed E-state index contributed by atoms with van der Waals surface area (Å²) in [5.74, 6) is 0. The Morgan fingerprint density at radius 1 is 1.70 bits per heavy atom. The van der Waals surface area contributed by atoms with Crippen molar-refractivity contribution in [2.24, 2.45) is 5.16 Å². The van der Waals surface area contributed by atoms with Gasteiger partial charge in [0.1, 0.15) is 6.34 Å². The van der Waals surface area contributed by atoms with Crippen molar-refractivity contribution in [1.82, 2.24) is 0 Å². The summed E-state index contributed by atoms with van der Waals surface area (Å²) in [5.41, 5.74) is 0.848. The molecule has 0 aliphatic rings. The van der Waals surface area contributed by atoms with Gasteiger partial charge in [-0.3, -0.25) is 0 Å². The van der Waals surface area contributed by atoms with Crippen molar-refractivity contribution in [2.45, 2.75) is 0 Å². The van der Waals surface area contributed by atoms with Gasteiger partial charge in [0.25, 0.3) is 0 Å². The minimum Gasteiger partial charge on any atom is -0.410 e. The molecule has 0 aliphatic heterocycles. The number of rotatable bonds is 2. The van der Waals surface area contributed by atoms with Crippen LogP contribution >= 0.6 is 0 Å². The van der Waals surface area contributed by atoms with E-state index in [1.807, 2.05) is 12.1 Å². The van der Waals surface area contributed by atoms with E-state index in [0.29, 0.717) is 0 Å². The zero-order chi connectivity index (χ0) is 7.23. The Morgan fingerprint density at radius 2 is 2.60 bits per heavy atom. The van der Waals surface area contributed by atoms with Crippen LogP contribution in [0, 0.1) is 6.07 Å². The molecule has 3 nitrogen and oxygen atoms in total. The maximum Gasteiger partial charge on any atom is 0.132 e. The molecule has 0 atom stereocenters. The van der Waals surface area contributed by atoms with Crippen molar-refractivity contribution in [2.75, 3.05) is 5.32 Å². The summed E-state index contributed by atoms with van der Waals surface area (Å²) in [6, 6.07) is 10.1. The standard InChI is InChI=1S/C7H7N2O/c10-9-6-8-7-4-2-1-3-5-7/h1-2,4-6,10H,(H,8,9). The van der Waals surface area contributed by atoms with Crippen LogP contribution in [0.4, 0.5) is 5.69 Å². The molecule has 0 saturated carbocycles. The van der Waals surface area contributed by atoms with E-state index in [-0.39, 0.29) is 0 Å². The Hall–Kier alpha value is -1.51. The molecule has 0 saturated heterocycles. The predicted molar refractivity (Wildman–Crippen MR) is 39.2 cm³/mol. The maximum absolute atomic E-state index is 8.02. The average molecular weight is 135 g/mol. The minimum atomic E-state index is 0.848. The highest BCUT2D eigenvalue weighted by Gasteiger charge is 1.82. The van der Waals surface area contributed by atoms with Gasteiger partial charge in [-0.2, -0.15) is 0 Å². The van der Waals surface area contributed by atoms with Crippen LogP contribution in [0.1, 0.15) is 0 Å². The van der Waals surface area contributed by atoms with E-state index in [2.05, 4.69) is 16.5 Å².